The normalized spacial score (nSPS) is 13.2. The second-order valence-electron chi connectivity index (χ2n) is 14.6. The molecule has 0 N–H and O–H groups in total. The van der Waals surface area contributed by atoms with E-state index in [0.29, 0.717) is 0 Å². The van der Waals surface area contributed by atoms with Gasteiger partial charge in [-0.15, -0.1) is 0 Å². The van der Waals surface area contributed by atoms with Gasteiger partial charge in [-0.3, -0.25) is 0 Å². The molecule has 0 radical (unpaired) electrons. The van der Waals surface area contributed by atoms with Gasteiger partial charge in [0.1, 0.15) is 8.07 Å². The Morgan fingerprint density at radius 3 is 1.85 bits per heavy atom. The van der Waals surface area contributed by atoms with Gasteiger partial charge in [0.2, 0.25) is 0 Å². The summed E-state index contributed by atoms with van der Waals surface area (Å²) < 4.78 is 4.87. The Balaban J connectivity index is 1.24. The first-order valence-corrected chi connectivity index (χ1v) is 21.3. The number of rotatable bonds is 4. The van der Waals surface area contributed by atoms with Crippen LogP contribution in [-0.2, 0) is 0 Å². The molecule has 3 aromatic heterocycles. The molecule has 4 heterocycles. The van der Waals surface area contributed by atoms with Crippen molar-refractivity contribution < 1.29 is 0 Å². The van der Waals surface area contributed by atoms with Gasteiger partial charge in [0.25, 0.3) is 0 Å². The maximum absolute atomic E-state index is 5.53. The van der Waals surface area contributed by atoms with Crippen molar-refractivity contribution in [2.75, 3.05) is 0 Å². The van der Waals surface area contributed by atoms with Crippen molar-refractivity contribution >= 4 is 62.1 Å². The standard InChI is InChI=1S/C48H34N4Si/c1-53(2)42-28-16-12-24-37(42)45-47(53)44(31-17-5-3-6-18-31)49-48(50-45)36-23-11-15-27-40(36)52-39-26-14-10-22-35(39)43-41(52)30-29-34-33-21-9-13-25-38(33)51(46(34)43)32-19-7-4-8-20-32/h3-30H,1-2H3. The Hall–Kier alpha value is -6.56. The molecule has 0 spiro atoms. The van der Waals surface area contributed by atoms with E-state index in [1.807, 2.05) is 0 Å². The van der Waals surface area contributed by atoms with Gasteiger partial charge in [-0.25, -0.2) is 9.97 Å². The van der Waals surface area contributed by atoms with E-state index in [1.165, 1.54) is 48.5 Å². The molecule has 53 heavy (non-hydrogen) atoms. The SMILES string of the molecule is C[Si]1(C)c2ccccc2-c2nc(-c3ccccc3-n3c4ccccc4c4c3ccc3c5ccccc5n(-c5ccccc5)c34)nc(-c3ccccc3)c21. The van der Waals surface area contributed by atoms with Crippen molar-refractivity contribution in [1.82, 2.24) is 19.1 Å². The van der Waals surface area contributed by atoms with Gasteiger partial charge in [0, 0.05) is 38.4 Å². The van der Waals surface area contributed by atoms with Crippen molar-refractivity contribution in [3.8, 4) is 45.3 Å². The van der Waals surface area contributed by atoms with Crippen LogP contribution in [0.15, 0.2) is 170 Å². The fraction of sp³-hybridized carbons (Fsp3) is 0.0417. The van der Waals surface area contributed by atoms with Gasteiger partial charge in [-0.05, 0) is 58.4 Å². The van der Waals surface area contributed by atoms with Gasteiger partial charge in [0.05, 0.1) is 39.1 Å². The topological polar surface area (TPSA) is 35.6 Å². The van der Waals surface area contributed by atoms with Crippen LogP contribution in [0.2, 0.25) is 13.1 Å². The second kappa shape index (κ2) is 11.2. The van der Waals surface area contributed by atoms with Crippen molar-refractivity contribution in [2.24, 2.45) is 0 Å². The van der Waals surface area contributed by atoms with E-state index >= 15 is 0 Å². The molecule has 10 aromatic rings. The third-order valence-corrected chi connectivity index (χ3v) is 14.8. The predicted octanol–water partition coefficient (Wildman–Crippen LogP) is 10.8. The predicted molar refractivity (Wildman–Crippen MR) is 224 cm³/mol. The lowest BCUT2D eigenvalue weighted by molar-refractivity contribution is 1.14. The largest absolute Gasteiger partial charge is 0.309 e. The molecule has 5 heteroatoms. The highest BCUT2D eigenvalue weighted by Crippen LogP contribution is 2.43. The number of nitrogens with zero attached hydrogens (tertiary/aromatic N) is 4. The van der Waals surface area contributed by atoms with Crippen LogP contribution in [0, 0.1) is 0 Å². The van der Waals surface area contributed by atoms with Crippen LogP contribution in [0.4, 0.5) is 0 Å². The summed E-state index contributed by atoms with van der Waals surface area (Å²) in [6, 6.07) is 61.1. The third-order valence-electron chi connectivity index (χ3n) is 11.3. The van der Waals surface area contributed by atoms with Gasteiger partial charge >= 0.3 is 0 Å². The first kappa shape index (κ1) is 30.1. The fourth-order valence-corrected chi connectivity index (χ4v) is 12.2. The Morgan fingerprint density at radius 2 is 1.06 bits per heavy atom. The number of para-hydroxylation sites is 4. The minimum absolute atomic E-state index is 0.741. The van der Waals surface area contributed by atoms with E-state index < -0.39 is 8.07 Å². The summed E-state index contributed by atoms with van der Waals surface area (Å²) in [5.74, 6) is 0.741. The molecule has 0 fully saturated rings. The van der Waals surface area contributed by atoms with E-state index in [4.69, 9.17) is 9.97 Å². The summed E-state index contributed by atoms with van der Waals surface area (Å²) in [5, 5.41) is 7.68. The number of hydrogen-bond donors (Lipinski definition) is 0. The zero-order valence-electron chi connectivity index (χ0n) is 29.5. The van der Waals surface area contributed by atoms with Crippen molar-refractivity contribution in [3.63, 3.8) is 0 Å². The number of fused-ring (bicyclic) bond motifs is 10. The highest BCUT2D eigenvalue weighted by atomic mass is 28.3. The molecule has 0 atom stereocenters. The van der Waals surface area contributed by atoms with E-state index in [-0.39, 0.29) is 0 Å². The number of benzene rings is 7. The molecule has 7 aromatic carbocycles. The molecule has 250 valence electrons. The third kappa shape index (κ3) is 4.23. The molecule has 11 rings (SSSR count). The highest BCUT2D eigenvalue weighted by Gasteiger charge is 2.41. The Bertz CT molecular complexity index is 3080. The van der Waals surface area contributed by atoms with Crippen LogP contribution in [0.25, 0.3) is 88.9 Å². The van der Waals surface area contributed by atoms with E-state index in [2.05, 4.69) is 192 Å². The lowest BCUT2D eigenvalue weighted by atomic mass is 10.1. The minimum Gasteiger partial charge on any atom is -0.309 e. The van der Waals surface area contributed by atoms with Gasteiger partial charge in [-0.2, -0.15) is 0 Å². The zero-order valence-corrected chi connectivity index (χ0v) is 30.5. The number of aromatic nitrogens is 4. The summed E-state index contributed by atoms with van der Waals surface area (Å²) in [6.07, 6.45) is 0. The van der Waals surface area contributed by atoms with E-state index in [0.717, 1.165) is 50.7 Å². The fourth-order valence-electron chi connectivity index (χ4n) is 9.01. The smallest absolute Gasteiger partial charge is 0.162 e. The summed E-state index contributed by atoms with van der Waals surface area (Å²) >= 11 is 0. The van der Waals surface area contributed by atoms with Gasteiger partial charge < -0.3 is 9.13 Å². The lowest BCUT2D eigenvalue weighted by Crippen LogP contribution is -2.50. The maximum Gasteiger partial charge on any atom is 0.162 e. The molecular weight excluding hydrogens is 661 g/mol. The molecular formula is C48H34N4Si. The molecule has 0 aliphatic carbocycles. The van der Waals surface area contributed by atoms with Crippen molar-refractivity contribution in [2.45, 2.75) is 13.1 Å². The van der Waals surface area contributed by atoms with Crippen LogP contribution in [0.5, 0.6) is 0 Å². The Morgan fingerprint density at radius 1 is 0.453 bits per heavy atom. The summed E-state index contributed by atoms with van der Waals surface area (Å²) in [6.45, 7) is 4.88. The molecule has 0 saturated heterocycles. The summed E-state index contributed by atoms with van der Waals surface area (Å²) in [7, 11) is -2.08. The van der Waals surface area contributed by atoms with E-state index in [1.54, 1.807) is 0 Å². The molecule has 1 aliphatic rings. The second-order valence-corrected chi connectivity index (χ2v) is 18.9. The Kier molecular flexibility index (Phi) is 6.37. The number of hydrogen-bond acceptors (Lipinski definition) is 2. The monoisotopic (exact) mass is 694 g/mol. The van der Waals surface area contributed by atoms with E-state index in [9.17, 15) is 0 Å². The van der Waals surface area contributed by atoms with Crippen LogP contribution in [0.1, 0.15) is 0 Å². The van der Waals surface area contributed by atoms with Crippen LogP contribution >= 0.6 is 0 Å². The molecule has 0 amide bonds. The van der Waals surface area contributed by atoms with Crippen LogP contribution < -0.4 is 10.4 Å². The summed E-state index contributed by atoms with van der Waals surface area (Å²) in [5.41, 5.74) is 12.4. The molecule has 4 nitrogen and oxygen atoms in total. The van der Waals surface area contributed by atoms with Crippen molar-refractivity contribution in [1.29, 1.82) is 0 Å². The average molecular weight is 695 g/mol. The van der Waals surface area contributed by atoms with Crippen LogP contribution in [0.3, 0.4) is 0 Å². The molecule has 0 bridgehead atoms. The summed E-state index contributed by atoms with van der Waals surface area (Å²) in [4.78, 5) is 11.0. The average Bonchev–Trinajstić information content (AvgIpc) is 3.81. The molecule has 0 saturated carbocycles. The first-order valence-electron chi connectivity index (χ1n) is 18.3. The zero-order chi connectivity index (χ0) is 35.3. The first-order chi connectivity index (χ1) is 26.1. The van der Waals surface area contributed by atoms with Gasteiger partial charge in [-0.1, -0.05) is 140 Å². The van der Waals surface area contributed by atoms with Crippen LogP contribution in [-0.4, -0.2) is 27.2 Å². The molecule has 1 aliphatic heterocycles. The Labute approximate surface area is 308 Å². The van der Waals surface area contributed by atoms with Gasteiger partial charge in [0.15, 0.2) is 5.82 Å². The van der Waals surface area contributed by atoms with Crippen molar-refractivity contribution in [3.05, 3.63) is 170 Å². The molecule has 0 unspecified atom stereocenters. The highest BCUT2D eigenvalue weighted by molar-refractivity contribution is 7.04. The lowest BCUT2D eigenvalue weighted by Gasteiger charge is -2.22. The minimum atomic E-state index is -2.08. The maximum atomic E-state index is 5.53. The quantitative estimate of drug-likeness (QED) is 0.172.